The third-order valence-electron chi connectivity index (χ3n) is 3.64. The van der Waals surface area contributed by atoms with Crippen molar-refractivity contribution >= 4 is 17.5 Å². The average Bonchev–Trinajstić information content (AvgIpc) is 2.46. The number of carbonyl (C=O) groups excluding carboxylic acids is 1. The van der Waals surface area contributed by atoms with Crippen molar-refractivity contribution in [1.29, 1.82) is 0 Å². The Bertz CT molecular complexity index is 496. The molecule has 6 heteroatoms. The normalized spacial score (nSPS) is 15.2. The minimum Gasteiger partial charge on any atom is -0.474 e. The second kappa shape index (κ2) is 8.34. The Labute approximate surface area is 137 Å². The van der Waals surface area contributed by atoms with E-state index in [0.717, 1.165) is 0 Å². The highest BCUT2D eigenvalue weighted by Gasteiger charge is 2.27. The van der Waals surface area contributed by atoms with E-state index < -0.39 is 11.6 Å². The molecule has 124 valence electrons. The van der Waals surface area contributed by atoms with Crippen LogP contribution in [0.1, 0.15) is 40.5 Å². The SMILES string of the molecule is CCC(C)(COc1ncccc1Cl)NC(=O)CC(O)C(C)C. The lowest BCUT2D eigenvalue weighted by Crippen LogP contribution is -2.50. The Balaban J connectivity index is 2.60. The number of nitrogens with one attached hydrogen (secondary N) is 1. The molecule has 0 aliphatic rings. The number of ether oxygens (including phenoxy) is 1. The van der Waals surface area contributed by atoms with Gasteiger partial charge >= 0.3 is 0 Å². The second-order valence-electron chi connectivity index (χ2n) is 6.06. The molecule has 1 amide bonds. The van der Waals surface area contributed by atoms with Crippen molar-refractivity contribution in [1.82, 2.24) is 10.3 Å². The number of nitrogens with zero attached hydrogens (tertiary/aromatic N) is 1. The Morgan fingerprint density at radius 3 is 2.77 bits per heavy atom. The van der Waals surface area contributed by atoms with Crippen LogP contribution in [-0.4, -0.2) is 34.2 Å². The summed E-state index contributed by atoms with van der Waals surface area (Å²) < 4.78 is 5.63. The van der Waals surface area contributed by atoms with E-state index in [1.54, 1.807) is 18.3 Å². The molecular formula is C16H25ClN2O3. The Morgan fingerprint density at radius 2 is 2.23 bits per heavy atom. The number of pyridine rings is 1. The highest BCUT2D eigenvalue weighted by atomic mass is 35.5. The molecule has 22 heavy (non-hydrogen) atoms. The quantitative estimate of drug-likeness (QED) is 0.769. The van der Waals surface area contributed by atoms with Gasteiger partial charge in [0.2, 0.25) is 11.8 Å². The summed E-state index contributed by atoms with van der Waals surface area (Å²) in [6, 6.07) is 3.42. The summed E-state index contributed by atoms with van der Waals surface area (Å²) in [5.74, 6) is 0.198. The number of amides is 1. The van der Waals surface area contributed by atoms with E-state index in [0.29, 0.717) is 17.3 Å². The Kier molecular flexibility index (Phi) is 7.10. The predicted molar refractivity (Wildman–Crippen MR) is 87.0 cm³/mol. The van der Waals surface area contributed by atoms with Gasteiger partial charge in [-0.15, -0.1) is 0 Å². The number of hydrogen-bond acceptors (Lipinski definition) is 4. The van der Waals surface area contributed by atoms with Crippen LogP contribution in [0.3, 0.4) is 0 Å². The molecule has 1 rings (SSSR count). The van der Waals surface area contributed by atoms with Gasteiger partial charge in [0.15, 0.2) is 0 Å². The summed E-state index contributed by atoms with van der Waals surface area (Å²) in [6.07, 6.45) is 1.72. The van der Waals surface area contributed by atoms with Crippen LogP contribution in [0.4, 0.5) is 0 Å². The molecule has 0 aliphatic carbocycles. The van der Waals surface area contributed by atoms with Crippen LogP contribution < -0.4 is 10.1 Å². The molecule has 1 aromatic heterocycles. The molecule has 0 fully saturated rings. The minimum atomic E-state index is -0.646. The van der Waals surface area contributed by atoms with Crippen molar-refractivity contribution in [2.75, 3.05) is 6.61 Å². The zero-order chi connectivity index (χ0) is 16.8. The fraction of sp³-hybridized carbons (Fsp3) is 0.625. The standard InChI is InChI=1S/C16H25ClN2O3/c1-5-16(4,19-14(21)9-13(20)11(2)3)10-22-15-12(17)7-6-8-18-15/h6-8,11,13,20H,5,9-10H2,1-4H3,(H,19,21). The molecule has 0 radical (unpaired) electrons. The van der Waals surface area contributed by atoms with Gasteiger partial charge in [-0.3, -0.25) is 4.79 Å². The number of halogens is 1. The van der Waals surface area contributed by atoms with Crippen molar-refractivity contribution in [3.63, 3.8) is 0 Å². The zero-order valence-corrected chi connectivity index (χ0v) is 14.4. The molecule has 0 aliphatic heterocycles. The van der Waals surface area contributed by atoms with Gasteiger partial charge in [0, 0.05) is 6.20 Å². The van der Waals surface area contributed by atoms with Crippen molar-refractivity contribution in [3.8, 4) is 5.88 Å². The summed E-state index contributed by atoms with van der Waals surface area (Å²) >= 11 is 6.00. The van der Waals surface area contributed by atoms with Crippen LogP contribution in [0, 0.1) is 5.92 Å². The minimum absolute atomic E-state index is 0.0437. The van der Waals surface area contributed by atoms with E-state index in [1.165, 1.54) is 0 Å². The lowest BCUT2D eigenvalue weighted by molar-refractivity contribution is -0.125. The van der Waals surface area contributed by atoms with Crippen LogP contribution in [0.2, 0.25) is 5.02 Å². The third-order valence-corrected chi connectivity index (χ3v) is 3.93. The van der Waals surface area contributed by atoms with Gasteiger partial charge in [-0.05, 0) is 31.4 Å². The summed E-state index contributed by atoms with van der Waals surface area (Å²) in [5, 5.41) is 13.1. The van der Waals surface area contributed by atoms with Crippen molar-refractivity contribution in [3.05, 3.63) is 23.4 Å². The summed E-state index contributed by atoms with van der Waals surface area (Å²) in [7, 11) is 0. The van der Waals surface area contributed by atoms with Crippen LogP contribution in [0.15, 0.2) is 18.3 Å². The van der Waals surface area contributed by atoms with Crippen LogP contribution in [0.25, 0.3) is 0 Å². The first-order valence-electron chi connectivity index (χ1n) is 7.50. The molecular weight excluding hydrogens is 304 g/mol. The van der Waals surface area contributed by atoms with Gasteiger partial charge in [0.25, 0.3) is 0 Å². The average molecular weight is 329 g/mol. The summed E-state index contributed by atoms with van der Waals surface area (Å²) in [4.78, 5) is 16.1. The van der Waals surface area contributed by atoms with E-state index in [1.807, 2.05) is 27.7 Å². The number of hydrogen-bond donors (Lipinski definition) is 2. The van der Waals surface area contributed by atoms with Gasteiger partial charge in [-0.1, -0.05) is 32.4 Å². The smallest absolute Gasteiger partial charge is 0.232 e. The van der Waals surface area contributed by atoms with Gasteiger partial charge in [0.05, 0.1) is 18.1 Å². The molecule has 0 saturated carbocycles. The monoisotopic (exact) mass is 328 g/mol. The number of aliphatic hydroxyl groups is 1. The Morgan fingerprint density at radius 1 is 1.55 bits per heavy atom. The molecule has 0 aromatic carbocycles. The predicted octanol–water partition coefficient (Wildman–Crippen LogP) is 2.81. The highest BCUT2D eigenvalue weighted by molar-refractivity contribution is 6.31. The summed E-state index contributed by atoms with van der Waals surface area (Å²) in [6.45, 7) is 7.86. The van der Waals surface area contributed by atoms with E-state index in [4.69, 9.17) is 16.3 Å². The Hall–Kier alpha value is -1.33. The van der Waals surface area contributed by atoms with E-state index in [9.17, 15) is 9.90 Å². The van der Waals surface area contributed by atoms with Gasteiger partial charge < -0.3 is 15.2 Å². The van der Waals surface area contributed by atoms with E-state index in [2.05, 4.69) is 10.3 Å². The number of rotatable bonds is 8. The van der Waals surface area contributed by atoms with Crippen molar-refractivity contribution < 1.29 is 14.6 Å². The molecule has 1 aromatic rings. The molecule has 1 heterocycles. The second-order valence-corrected chi connectivity index (χ2v) is 6.46. The third kappa shape index (κ3) is 5.81. The molecule has 0 spiro atoms. The van der Waals surface area contributed by atoms with Crippen LogP contribution >= 0.6 is 11.6 Å². The molecule has 2 atom stereocenters. The first kappa shape index (κ1) is 18.7. The van der Waals surface area contributed by atoms with Gasteiger partial charge in [0.1, 0.15) is 11.6 Å². The molecule has 2 N–H and O–H groups in total. The van der Waals surface area contributed by atoms with Crippen molar-refractivity contribution in [2.45, 2.75) is 52.2 Å². The molecule has 0 bridgehead atoms. The van der Waals surface area contributed by atoms with Crippen molar-refractivity contribution in [2.24, 2.45) is 5.92 Å². The van der Waals surface area contributed by atoms with Crippen LogP contribution in [0.5, 0.6) is 5.88 Å². The first-order chi connectivity index (χ1) is 10.3. The number of aromatic nitrogens is 1. The van der Waals surface area contributed by atoms with Crippen LogP contribution in [-0.2, 0) is 4.79 Å². The number of aliphatic hydroxyl groups excluding tert-OH is 1. The maximum atomic E-state index is 12.0. The topological polar surface area (TPSA) is 71.5 Å². The van der Waals surface area contributed by atoms with E-state index in [-0.39, 0.29) is 24.9 Å². The molecule has 0 saturated heterocycles. The first-order valence-corrected chi connectivity index (χ1v) is 7.87. The van der Waals surface area contributed by atoms with E-state index >= 15 is 0 Å². The lowest BCUT2D eigenvalue weighted by Gasteiger charge is -2.30. The highest BCUT2D eigenvalue weighted by Crippen LogP contribution is 2.22. The lowest BCUT2D eigenvalue weighted by atomic mass is 9.98. The molecule has 2 unspecified atom stereocenters. The maximum Gasteiger partial charge on any atom is 0.232 e. The maximum absolute atomic E-state index is 12.0. The fourth-order valence-corrected chi connectivity index (χ4v) is 1.92. The van der Waals surface area contributed by atoms with Gasteiger partial charge in [-0.2, -0.15) is 0 Å². The summed E-state index contributed by atoms with van der Waals surface area (Å²) in [5.41, 5.74) is -0.547. The zero-order valence-electron chi connectivity index (χ0n) is 13.6. The fourth-order valence-electron chi connectivity index (χ4n) is 1.74. The molecule has 5 nitrogen and oxygen atoms in total. The number of carbonyl (C=O) groups is 1. The largest absolute Gasteiger partial charge is 0.474 e. The van der Waals surface area contributed by atoms with Gasteiger partial charge in [-0.25, -0.2) is 4.98 Å².